The number of carbonyl (C=O) groups excluding carboxylic acids is 1. The smallest absolute Gasteiger partial charge is 0.317 e. The molecule has 1 atom stereocenters. The molecule has 1 saturated heterocycles. The number of amides is 2. The molecular formula is C12H20N2O3S. The van der Waals surface area contributed by atoms with Crippen LogP contribution in [0.2, 0.25) is 0 Å². The first-order valence-corrected chi connectivity index (χ1v) is 7.16. The van der Waals surface area contributed by atoms with Crippen molar-refractivity contribution in [3.63, 3.8) is 0 Å². The van der Waals surface area contributed by atoms with E-state index < -0.39 is 5.97 Å². The Morgan fingerprint density at radius 2 is 2.28 bits per heavy atom. The highest BCUT2D eigenvalue weighted by Gasteiger charge is 2.36. The number of hydrogen-bond acceptors (Lipinski definition) is 3. The fourth-order valence-corrected chi connectivity index (χ4v) is 2.28. The molecule has 5 nitrogen and oxygen atoms in total. The molecule has 102 valence electrons. The van der Waals surface area contributed by atoms with Crippen LogP contribution in [0.15, 0.2) is 12.7 Å². The summed E-state index contributed by atoms with van der Waals surface area (Å²) in [5.74, 6) is 0.666. The molecule has 0 aromatic carbocycles. The number of rotatable bonds is 7. The van der Waals surface area contributed by atoms with Gasteiger partial charge in [-0.2, -0.15) is 11.8 Å². The molecule has 18 heavy (non-hydrogen) atoms. The van der Waals surface area contributed by atoms with Gasteiger partial charge >= 0.3 is 12.0 Å². The Morgan fingerprint density at radius 1 is 1.61 bits per heavy atom. The maximum Gasteiger partial charge on any atom is 0.317 e. The molecule has 1 rings (SSSR count). The summed E-state index contributed by atoms with van der Waals surface area (Å²) in [5, 5.41) is 11.7. The van der Waals surface area contributed by atoms with Gasteiger partial charge in [0.2, 0.25) is 0 Å². The van der Waals surface area contributed by atoms with E-state index in [9.17, 15) is 9.59 Å². The summed E-state index contributed by atoms with van der Waals surface area (Å²) in [6, 6.07) is -0.0944. The minimum Gasteiger partial charge on any atom is -0.481 e. The van der Waals surface area contributed by atoms with E-state index in [2.05, 4.69) is 11.9 Å². The van der Waals surface area contributed by atoms with Gasteiger partial charge in [-0.25, -0.2) is 4.79 Å². The van der Waals surface area contributed by atoms with Crippen LogP contribution in [0.25, 0.3) is 0 Å². The van der Waals surface area contributed by atoms with Crippen molar-refractivity contribution in [3.8, 4) is 0 Å². The maximum atomic E-state index is 11.6. The normalized spacial score (nSPS) is 16.8. The van der Waals surface area contributed by atoms with E-state index in [0.717, 1.165) is 11.5 Å². The Labute approximate surface area is 112 Å². The first-order chi connectivity index (χ1) is 8.56. The summed E-state index contributed by atoms with van der Waals surface area (Å²) < 4.78 is 0. The molecule has 0 aromatic heterocycles. The Kier molecular flexibility index (Phi) is 6.04. The van der Waals surface area contributed by atoms with Crippen molar-refractivity contribution in [1.82, 2.24) is 10.2 Å². The van der Waals surface area contributed by atoms with Gasteiger partial charge < -0.3 is 15.3 Å². The van der Waals surface area contributed by atoms with Crippen molar-refractivity contribution in [3.05, 3.63) is 12.7 Å². The van der Waals surface area contributed by atoms with Gasteiger partial charge in [-0.05, 0) is 0 Å². The summed E-state index contributed by atoms with van der Waals surface area (Å²) in [5.41, 5.74) is 0. The summed E-state index contributed by atoms with van der Waals surface area (Å²) in [6.45, 7) is 7.02. The number of nitrogens with zero attached hydrogens (tertiary/aromatic N) is 1. The summed E-state index contributed by atoms with van der Waals surface area (Å²) in [4.78, 5) is 24.0. The maximum absolute atomic E-state index is 11.6. The van der Waals surface area contributed by atoms with Gasteiger partial charge in [0.15, 0.2) is 0 Å². The number of likely N-dealkylation sites (tertiary alicyclic amines) is 1. The van der Waals surface area contributed by atoms with Crippen LogP contribution in [0.5, 0.6) is 0 Å². The van der Waals surface area contributed by atoms with Crippen LogP contribution in [-0.4, -0.2) is 53.1 Å². The molecule has 0 saturated carbocycles. The molecule has 0 radical (unpaired) electrons. The van der Waals surface area contributed by atoms with Crippen LogP contribution < -0.4 is 5.32 Å². The molecule has 1 unspecified atom stereocenters. The Hall–Kier alpha value is -1.17. The third-order valence-electron chi connectivity index (χ3n) is 3.05. The van der Waals surface area contributed by atoms with Gasteiger partial charge in [-0.1, -0.05) is 13.0 Å². The monoisotopic (exact) mass is 272 g/mol. The van der Waals surface area contributed by atoms with Crippen LogP contribution in [0.1, 0.15) is 6.92 Å². The first-order valence-electron chi connectivity index (χ1n) is 6.00. The molecule has 1 aliphatic heterocycles. The number of nitrogens with one attached hydrogen (secondary N) is 1. The summed E-state index contributed by atoms with van der Waals surface area (Å²) >= 11 is 1.71. The molecule has 6 heteroatoms. The van der Waals surface area contributed by atoms with Crippen LogP contribution in [0, 0.1) is 11.8 Å². The van der Waals surface area contributed by atoms with E-state index in [0.29, 0.717) is 19.6 Å². The number of aliphatic carboxylic acids is 1. The van der Waals surface area contributed by atoms with Crippen LogP contribution in [0.3, 0.4) is 0 Å². The predicted molar refractivity (Wildman–Crippen MR) is 72.8 cm³/mol. The topological polar surface area (TPSA) is 69.6 Å². The lowest BCUT2D eigenvalue weighted by molar-refractivity contribution is -0.144. The van der Waals surface area contributed by atoms with Gasteiger partial charge in [0.1, 0.15) is 0 Å². The molecule has 0 aliphatic carbocycles. The number of carboxylic acids is 1. The lowest BCUT2D eigenvalue weighted by atomic mass is 9.87. The van der Waals surface area contributed by atoms with Crippen molar-refractivity contribution >= 4 is 23.8 Å². The van der Waals surface area contributed by atoms with Gasteiger partial charge in [0, 0.05) is 37.1 Å². The highest BCUT2D eigenvalue weighted by molar-refractivity contribution is 7.99. The fraction of sp³-hybridized carbons (Fsp3) is 0.667. The van der Waals surface area contributed by atoms with Crippen LogP contribution in [0.4, 0.5) is 4.79 Å². The third-order valence-corrected chi connectivity index (χ3v) is 4.02. The molecule has 1 aliphatic rings. The highest BCUT2D eigenvalue weighted by Crippen LogP contribution is 2.23. The van der Waals surface area contributed by atoms with E-state index in [1.54, 1.807) is 23.6 Å². The number of urea groups is 1. The second kappa shape index (κ2) is 7.31. The quantitative estimate of drug-likeness (QED) is 0.541. The average Bonchev–Trinajstić information content (AvgIpc) is 2.26. The van der Waals surface area contributed by atoms with E-state index in [4.69, 9.17) is 5.11 Å². The zero-order valence-electron chi connectivity index (χ0n) is 10.6. The second-order valence-corrected chi connectivity index (χ2v) is 5.54. The van der Waals surface area contributed by atoms with Crippen molar-refractivity contribution < 1.29 is 14.7 Å². The van der Waals surface area contributed by atoms with Gasteiger partial charge in [-0.3, -0.25) is 4.79 Å². The second-order valence-electron chi connectivity index (χ2n) is 4.39. The largest absolute Gasteiger partial charge is 0.481 e. The van der Waals surface area contributed by atoms with Crippen molar-refractivity contribution in [1.29, 1.82) is 0 Å². The third kappa shape index (κ3) is 4.25. The average molecular weight is 272 g/mol. The van der Waals surface area contributed by atoms with Crippen LogP contribution >= 0.6 is 11.8 Å². The number of hydrogen-bond donors (Lipinski definition) is 2. The fourth-order valence-electron chi connectivity index (χ4n) is 1.70. The van der Waals surface area contributed by atoms with Crippen molar-refractivity contribution in [2.24, 2.45) is 11.8 Å². The molecule has 2 N–H and O–H groups in total. The Bertz CT molecular complexity index is 316. The van der Waals surface area contributed by atoms with Gasteiger partial charge in [-0.15, -0.1) is 6.58 Å². The highest BCUT2D eigenvalue weighted by atomic mass is 32.2. The minimum absolute atomic E-state index is 0.0865. The van der Waals surface area contributed by atoms with E-state index >= 15 is 0 Å². The zero-order chi connectivity index (χ0) is 13.5. The Balaban J connectivity index is 2.11. The first kappa shape index (κ1) is 14.9. The molecule has 2 amide bonds. The van der Waals surface area contributed by atoms with E-state index in [1.807, 2.05) is 6.08 Å². The molecule has 0 spiro atoms. The number of carbonyl (C=O) groups is 2. The lowest BCUT2D eigenvalue weighted by Gasteiger charge is -2.41. The summed E-state index contributed by atoms with van der Waals surface area (Å²) in [6.07, 6.45) is 1.83. The van der Waals surface area contributed by atoms with E-state index in [1.165, 1.54) is 0 Å². The Morgan fingerprint density at radius 3 is 2.83 bits per heavy atom. The lowest BCUT2D eigenvalue weighted by Crippen LogP contribution is -2.56. The van der Waals surface area contributed by atoms with Gasteiger partial charge in [0.25, 0.3) is 0 Å². The molecule has 0 aromatic rings. The number of carboxylic acid groups (broad SMARTS) is 1. The van der Waals surface area contributed by atoms with Crippen molar-refractivity contribution in [2.45, 2.75) is 6.92 Å². The van der Waals surface area contributed by atoms with Crippen LogP contribution in [-0.2, 0) is 4.79 Å². The standard InChI is InChI=1S/C12H20N2O3S/c1-3-5-18-6-4-13-12(17)14-7-10(8-14)9(2)11(15)16/h3,9-10H,1,4-8H2,2H3,(H,13,17)(H,15,16). The molecular weight excluding hydrogens is 252 g/mol. The number of thioether (sulfide) groups is 1. The minimum atomic E-state index is -0.791. The molecule has 0 bridgehead atoms. The van der Waals surface area contributed by atoms with E-state index in [-0.39, 0.29) is 17.9 Å². The summed E-state index contributed by atoms with van der Waals surface area (Å²) in [7, 11) is 0. The molecule has 1 heterocycles. The van der Waals surface area contributed by atoms with Gasteiger partial charge in [0.05, 0.1) is 5.92 Å². The van der Waals surface area contributed by atoms with Crippen molar-refractivity contribution in [2.75, 3.05) is 31.1 Å². The molecule has 1 fully saturated rings. The predicted octanol–water partition coefficient (Wildman–Crippen LogP) is 1.27. The zero-order valence-corrected chi connectivity index (χ0v) is 11.4. The SMILES string of the molecule is C=CCSCCNC(=O)N1CC(C(C)C(=O)O)C1.